The fourth-order valence-electron chi connectivity index (χ4n) is 5.21. The van der Waals surface area contributed by atoms with E-state index in [9.17, 15) is 14.0 Å². The average molecular weight is 505 g/mol. The predicted molar refractivity (Wildman–Crippen MR) is 141 cm³/mol. The van der Waals surface area contributed by atoms with Gasteiger partial charge in [0.15, 0.2) is 0 Å². The zero-order valence-electron chi connectivity index (χ0n) is 21.3. The molecule has 1 saturated carbocycles. The van der Waals surface area contributed by atoms with E-state index in [-0.39, 0.29) is 30.6 Å². The smallest absolute Gasteiger partial charge is 0.303 e. The number of carboxylic acid groups (broad SMARTS) is 1. The molecule has 1 heterocycles. The second kappa shape index (κ2) is 12.0. The van der Waals surface area contributed by atoms with Crippen LogP contribution in [0.15, 0.2) is 54.9 Å². The van der Waals surface area contributed by atoms with E-state index in [1.807, 2.05) is 37.3 Å². The van der Waals surface area contributed by atoms with Crippen LogP contribution in [0.25, 0.3) is 11.1 Å². The molecule has 194 valence electrons. The highest BCUT2D eigenvalue weighted by Crippen LogP contribution is 2.39. The minimum absolute atomic E-state index is 0.0995. The number of anilines is 1. The van der Waals surface area contributed by atoms with Crippen LogP contribution in [0.1, 0.15) is 61.6 Å². The number of hydrogen-bond acceptors (Lipinski definition) is 4. The van der Waals surface area contributed by atoms with Crippen molar-refractivity contribution in [1.29, 1.82) is 0 Å². The summed E-state index contributed by atoms with van der Waals surface area (Å²) >= 11 is 0. The Kier molecular flexibility index (Phi) is 8.54. The Labute approximate surface area is 216 Å². The van der Waals surface area contributed by atoms with Gasteiger partial charge in [-0.25, -0.2) is 4.39 Å². The molecular formula is C30H33FN2O4. The van der Waals surface area contributed by atoms with Crippen molar-refractivity contribution in [2.75, 3.05) is 11.9 Å². The van der Waals surface area contributed by atoms with Crippen LogP contribution < -0.4 is 10.1 Å². The van der Waals surface area contributed by atoms with Gasteiger partial charge in [0.2, 0.25) is 5.91 Å². The molecule has 2 N–H and O–H groups in total. The molecule has 0 saturated heterocycles. The summed E-state index contributed by atoms with van der Waals surface area (Å²) in [4.78, 5) is 28.9. The number of benzene rings is 2. The third kappa shape index (κ3) is 6.53. The highest BCUT2D eigenvalue weighted by molar-refractivity contribution is 5.97. The SMILES string of the molecule is CCOc1cncc(-c2ccc(C(C(=O)Nc3cc(F)cc(CCC(=O)O)c3C)C3CCCC3)cc2)c1. The first kappa shape index (κ1) is 26.3. The third-order valence-corrected chi connectivity index (χ3v) is 7.13. The number of aliphatic carboxylic acids is 1. The van der Waals surface area contributed by atoms with Crippen LogP contribution in [0.5, 0.6) is 5.75 Å². The number of nitrogens with one attached hydrogen (secondary N) is 1. The van der Waals surface area contributed by atoms with Gasteiger partial charge in [-0.05, 0) is 79.5 Å². The molecule has 1 unspecified atom stereocenters. The van der Waals surface area contributed by atoms with E-state index < -0.39 is 11.8 Å². The van der Waals surface area contributed by atoms with Gasteiger partial charge in [-0.1, -0.05) is 37.1 Å². The molecule has 1 aliphatic rings. The Morgan fingerprint density at radius 3 is 2.51 bits per heavy atom. The second-order valence-electron chi connectivity index (χ2n) is 9.61. The van der Waals surface area contributed by atoms with Gasteiger partial charge >= 0.3 is 5.97 Å². The third-order valence-electron chi connectivity index (χ3n) is 7.13. The standard InChI is InChI=1S/C30H33FN2O4/c1-3-37-26-15-24(17-32-18-26)20-8-10-22(11-9-20)29(21-6-4-5-7-21)30(36)33-27-16-25(31)14-23(19(27)2)12-13-28(34)35/h8-11,14-18,21,29H,3-7,12-13H2,1-2H3,(H,33,36)(H,34,35). The van der Waals surface area contributed by atoms with Crippen molar-refractivity contribution >= 4 is 17.6 Å². The van der Waals surface area contributed by atoms with Gasteiger partial charge in [-0.3, -0.25) is 14.6 Å². The van der Waals surface area contributed by atoms with E-state index in [1.165, 1.54) is 12.1 Å². The number of hydrogen-bond donors (Lipinski definition) is 2. The summed E-state index contributed by atoms with van der Waals surface area (Å²) in [6.07, 6.45) is 7.67. The van der Waals surface area contributed by atoms with Crippen molar-refractivity contribution in [3.8, 4) is 16.9 Å². The molecule has 1 amide bonds. The minimum Gasteiger partial charge on any atom is -0.492 e. The van der Waals surface area contributed by atoms with E-state index in [0.717, 1.165) is 42.4 Å². The fourth-order valence-corrected chi connectivity index (χ4v) is 5.21. The van der Waals surface area contributed by atoms with Crippen LogP contribution in [0.4, 0.5) is 10.1 Å². The molecule has 1 aromatic heterocycles. The molecule has 37 heavy (non-hydrogen) atoms. The summed E-state index contributed by atoms with van der Waals surface area (Å²) < 4.78 is 19.9. The molecule has 0 radical (unpaired) electrons. The van der Waals surface area contributed by atoms with Gasteiger partial charge in [0.25, 0.3) is 0 Å². The summed E-state index contributed by atoms with van der Waals surface area (Å²) in [6.45, 7) is 4.28. The highest BCUT2D eigenvalue weighted by atomic mass is 19.1. The Balaban J connectivity index is 1.59. The van der Waals surface area contributed by atoms with Crippen molar-refractivity contribution in [2.24, 2.45) is 5.92 Å². The van der Waals surface area contributed by atoms with Crippen LogP contribution in [-0.2, 0) is 16.0 Å². The van der Waals surface area contributed by atoms with Gasteiger partial charge in [0.1, 0.15) is 11.6 Å². The van der Waals surface area contributed by atoms with Crippen molar-refractivity contribution in [2.45, 2.75) is 58.3 Å². The van der Waals surface area contributed by atoms with Gasteiger partial charge in [0.05, 0.1) is 18.7 Å². The van der Waals surface area contributed by atoms with Crippen LogP contribution in [0.2, 0.25) is 0 Å². The number of carboxylic acids is 1. The fraction of sp³-hybridized carbons (Fsp3) is 0.367. The quantitative estimate of drug-likeness (QED) is 0.328. The van der Waals surface area contributed by atoms with Gasteiger partial charge in [-0.2, -0.15) is 0 Å². The number of halogens is 1. The van der Waals surface area contributed by atoms with Crippen molar-refractivity contribution in [3.05, 3.63) is 77.4 Å². The first-order valence-corrected chi connectivity index (χ1v) is 12.9. The van der Waals surface area contributed by atoms with Gasteiger partial charge in [0, 0.05) is 23.9 Å². The van der Waals surface area contributed by atoms with Gasteiger partial charge in [-0.15, -0.1) is 0 Å². The summed E-state index contributed by atoms with van der Waals surface area (Å²) in [7, 11) is 0. The Morgan fingerprint density at radius 2 is 1.84 bits per heavy atom. The van der Waals surface area contributed by atoms with Crippen molar-refractivity contribution < 1.29 is 23.8 Å². The first-order valence-electron chi connectivity index (χ1n) is 12.9. The normalized spacial score (nSPS) is 14.4. The maximum absolute atomic E-state index is 14.4. The number of carbonyl (C=O) groups is 2. The number of nitrogens with zero attached hydrogens (tertiary/aromatic N) is 1. The van der Waals surface area contributed by atoms with E-state index in [4.69, 9.17) is 9.84 Å². The van der Waals surface area contributed by atoms with E-state index in [1.54, 1.807) is 19.3 Å². The number of rotatable bonds is 10. The number of aryl methyl sites for hydroxylation is 1. The molecular weight excluding hydrogens is 471 g/mol. The molecule has 3 aromatic rings. The number of carbonyl (C=O) groups excluding carboxylic acids is 1. The average Bonchev–Trinajstić information content (AvgIpc) is 3.40. The Hall–Kier alpha value is -3.74. The van der Waals surface area contributed by atoms with E-state index in [0.29, 0.717) is 29.2 Å². The van der Waals surface area contributed by atoms with Crippen LogP contribution >= 0.6 is 0 Å². The maximum atomic E-state index is 14.4. The molecule has 4 rings (SSSR count). The molecule has 1 aliphatic carbocycles. The summed E-state index contributed by atoms with van der Waals surface area (Å²) in [6, 6.07) is 12.6. The molecule has 0 spiro atoms. The van der Waals surface area contributed by atoms with E-state index >= 15 is 0 Å². The molecule has 7 heteroatoms. The van der Waals surface area contributed by atoms with E-state index in [2.05, 4.69) is 10.3 Å². The maximum Gasteiger partial charge on any atom is 0.303 e. The minimum atomic E-state index is -0.945. The summed E-state index contributed by atoms with van der Waals surface area (Å²) in [5.74, 6) is -1.06. The number of pyridine rings is 1. The lowest BCUT2D eigenvalue weighted by molar-refractivity contribution is -0.137. The highest BCUT2D eigenvalue weighted by Gasteiger charge is 2.32. The van der Waals surface area contributed by atoms with Crippen molar-refractivity contribution in [3.63, 3.8) is 0 Å². The second-order valence-corrected chi connectivity index (χ2v) is 9.61. The number of amides is 1. The monoisotopic (exact) mass is 504 g/mol. The lowest BCUT2D eigenvalue weighted by Gasteiger charge is -2.24. The molecule has 0 bridgehead atoms. The summed E-state index contributed by atoms with van der Waals surface area (Å²) in [5.41, 5.74) is 4.50. The Bertz CT molecular complexity index is 1250. The predicted octanol–water partition coefficient (Wildman–Crippen LogP) is 6.52. The lowest BCUT2D eigenvalue weighted by Crippen LogP contribution is -2.27. The Morgan fingerprint density at radius 1 is 1.11 bits per heavy atom. The molecule has 6 nitrogen and oxygen atoms in total. The molecule has 2 aromatic carbocycles. The zero-order chi connectivity index (χ0) is 26.4. The first-order chi connectivity index (χ1) is 17.9. The molecule has 1 fully saturated rings. The topological polar surface area (TPSA) is 88.5 Å². The summed E-state index contributed by atoms with van der Waals surface area (Å²) in [5, 5.41) is 12.0. The van der Waals surface area contributed by atoms with Crippen molar-refractivity contribution in [1.82, 2.24) is 4.98 Å². The molecule has 0 aliphatic heterocycles. The number of aromatic nitrogens is 1. The van der Waals surface area contributed by atoms with Crippen LogP contribution in [0, 0.1) is 18.7 Å². The van der Waals surface area contributed by atoms with Crippen LogP contribution in [0.3, 0.4) is 0 Å². The largest absolute Gasteiger partial charge is 0.492 e. The molecule has 1 atom stereocenters. The zero-order valence-corrected chi connectivity index (χ0v) is 21.3. The van der Waals surface area contributed by atoms with Crippen LogP contribution in [-0.4, -0.2) is 28.6 Å². The number of ether oxygens (including phenoxy) is 1. The lowest BCUT2D eigenvalue weighted by atomic mass is 9.83. The van der Waals surface area contributed by atoms with Gasteiger partial charge < -0.3 is 15.2 Å².